The summed E-state index contributed by atoms with van der Waals surface area (Å²) in [6.45, 7) is 1.73. The maximum Gasteiger partial charge on any atom is 0.389 e. The fraction of sp³-hybridized carbons (Fsp3) is 0.950. The molecule has 0 aromatic carbocycles. The third-order valence-electron chi connectivity index (χ3n) is 7.14. The molecule has 2 aliphatic carbocycles. The van der Waals surface area contributed by atoms with E-state index in [0.29, 0.717) is 18.8 Å². The van der Waals surface area contributed by atoms with E-state index in [1.807, 2.05) is 13.8 Å². The number of hydrogen-bond acceptors (Lipinski definition) is 2. The quantitative estimate of drug-likeness (QED) is 0.233. The summed E-state index contributed by atoms with van der Waals surface area (Å²) < 4.78 is 150. The first-order valence-corrected chi connectivity index (χ1v) is 10.5. The summed E-state index contributed by atoms with van der Waals surface area (Å²) in [5.74, 6) is -22.6. The Bertz CT molecular complexity index is 703. The van der Waals surface area contributed by atoms with Crippen LogP contribution in [0.15, 0.2) is 0 Å². The second-order valence-electron chi connectivity index (χ2n) is 9.26. The lowest BCUT2D eigenvalue weighted by atomic mass is 9.76. The SMILES string of the molecule is CC1C2CC(C(=O)OCC(F)(F)C(F)(F)CCC(F)(F)C(F)(F)CCC(F)(F)F)C(C2)C1C. The average molecular weight is 506 g/mol. The van der Waals surface area contributed by atoms with Crippen LogP contribution in [0, 0.1) is 29.6 Å². The summed E-state index contributed by atoms with van der Waals surface area (Å²) in [5, 5.41) is 0. The number of carbonyl (C=O) groups is 1. The molecule has 5 atom stereocenters. The standard InChI is InChI=1S/C20H25F11O2/c1-10-11(2)13-7-12(10)8-14(13)15(32)33-9-19(27,28)18(25,26)4-3-16(21,22)17(23,24)5-6-20(29,30)31/h10-14H,3-9H2,1-2H3. The van der Waals surface area contributed by atoms with Gasteiger partial charge in [0, 0.05) is 25.7 Å². The Kier molecular flexibility index (Phi) is 7.66. The molecule has 0 saturated heterocycles. The van der Waals surface area contributed by atoms with Crippen molar-refractivity contribution in [2.75, 3.05) is 6.61 Å². The van der Waals surface area contributed by atoms with Gasteiger partial charge in [-0.25, -0.2) is 0 Å². The molecule has 2 saturated carbocycles. The highest BCUT2D eigenvalue weighted by Gasteiger charge is 2.62. The van der Waals surface area contributed by atoms with Crippen molar-refractivity contribution in [3.8, 4) is 0 Å². The van der Waals surface area contributed by atoms with Crippen LogP contribution in [0.2, 0.25) is 0 Å². The van der Waals surface area contributed by atoms with Crippen molar-refractivity contribution in [3.63, 3.8) is 0 Å². The minimum absolute atomic E-state index is 0.101. The molecule has 0 spiro atoms. The second-order valence-corrected chi connectivity index (χ2v) is 9.26. The lowest BCUT2D eigenvalue weighted by Gasteiger charge is -2.32. The van der Waals surface area contributed by atoms with E-state index in [1.54, 1.807) is 0 Å². The molecular formula is C20H25F11O2. The van der Waals surface area contributed by atoms with Gasteiger partial charge >= 0.3 is 35.8 Å². The first-order chi connectivity index (χ1) is 14.7. The summed E-state index contributed by atoms with van der Waals surface area (Å²) in [4.78, 5) is 12.2. The van der Waals surface area contributed by atoms with Gasteiger partial charge < -0.3 is 4.74 Å². The number of halogens is 11. The summed E-state index contributed by atoms with van der Waals surface area (Å²) >= 11 is 0. The zero-order valence-electron chi connectivity index (χ0n) is 17.8. The number of ether oxygens (including phenoxy) is 1. The van der Waals surface area contributed by atoms with Crippen LogP contribution >= 0.6 is 0 Å². The van der Waals surface area contributed by atoms with Gasteiger partial charge in [0.1, 0.15) is 0 Å². The van der Waals surface area contributed by atoms with Gasteiger partial charge in [0.25, 0.3) is 0 Å². The molecule has 0 aromatic heterocycles. The highest BCUT2D eigenvalue weighted by Crippen LogP contribution is 2.55. The van der Waals surface area contributed by atoms with E-state index in [-0.39, 0.29) is 17.8 Å². The molecule has 2 rings (SSSR count). The highest BCUT2D eigenvalue weighted by molar-refractivity contribution is 5.73. The van der Waals surface area contributed by atoms with E-state index in [2.05, 4.69) is 4.74 Å². The van der Waals surface area contributed by atoms with Crippen LogP contribution in [0.25, 0.3) is 0 Å². The summed E-state index contributed by atoms with van der Waals surface area (Å²) in [7, 11) is 0. The Labute approximate surface area is 183 Å². The van der Waals surface area contributed by atoms with E-state index in [4.69, 9.17) is 0 Å². The predicted molar refractivity (Wildman–Crippen MR) is 93.3 cm³/mol. The molecule has 2 aliphatic rings. The summed E-state index contributed by atoms with van der Waals surface area (Å²) in [6, 6.07) is 0. The summed E-state index contributed by atoms with van der Waals surface area (Å²) in [5.41, 5.74) is 0. The van der Waals surface area contributed by atoms with Crippen LogP contribution in [0.3, 0.4) is 0 Å². The van der Waals surface area contributed by atoms with Crippen molar-refractivity contribution >= 4 is 5.97 Å². The molecule has 194 valence electrons. The molecule has 0 aromatic rings. The van der Waals surface area contributed by atoms with Crippen molar-refractivity contribution in [2.24, 2.45) is 29.6 Å². The van der Waals surface area contributed by atoms with Crippen molar-refractivity contribution < 1.29 is 57.8 Å². The molecule has 2 bridgehead atoms. The molecule has 13 heteroatoms. The molecule has 5 unspecified atom stereocenters. The Morgan fingerprint density at radius 3 is 1.58 bits per heavy atom. The number of hydrogen-bond donors (Lipinski definition) is 0. The monoisotopic (exact) mass is 506 g/mol. The van der Waals surface area contributed by atoms with Crippen LogP contribution in [-0.2, 0) is 9.53 Å². The predicted octanol–water partition coefficient (Wildman–Crippen LogP) is 7.12. The van der Waals surface area contributed by atoms with E-state index in [0.717, 1.165) is 0 Å². The topological polar surface area (TPSA) is 26.3 Å². The first kappa shape index (κ1) is 27.9. The molecule has 0 N–H and O–H groups in total. The third kappa shape index (κ3) is 6.04. The summed E-state index contributed by atoms with van der Waals surface area (Å²) in [6.07, 6.45) is -13.8. The first-order valence-electron chi connectivity index (χ1n) is 10.5. The van der Waals surface area contributed by atoms with Gasteiger partial charge in [-0.3, -0.25) is 4.79 Å². The van der Waals surface area contributed by atoms with Crippen molar-refractivity contribution in [3.05, 3.63) is 0 Å². The van der Waals surface area contributed by atoms with Crippen molar-refractivity contribution in [1.82, 2.24) is 0 Å². The van der Waals surface area contributed by atoms with Crippen molar-refractivity contribution in [1.29, 1.82) is 0 Å². The van der Waals surface area contributed by atoms with Gasteiger partial charge in [-0.1, -0.05) is 13.8 Å². The lowest BCUT2D eigenvalue weighted by molar-refractivity contribution is -0.259. The molecule has 2 nitrogen and oxygen atoms in total. The second kappa shape index (κ2) is 9.05. The van der Waals surface area contributed by atoms with Crippen LogP contribution < -0.4 is 0 Å². The number of esters is 1. The van der Waals surface area contributed by atoms with E-state index >= 15 is 0 Å². The smallest absolute Gasteiger partial charge is 0.389 e. The molecule has 0 heterocycles. The van der Waals surface area contributed by atoms with Crippen LogP contribution in [-0.4, -0.2) is 42.4 Å². The van der Waals surface area contributed by atoms with Crippen LogP contribution in [0.5, 0.6) is 0 Å². The van der Waals surface area contributed by atoms with E-state index < -0.39 is 74.0 Å². The Morgan fingerprint density at radius 1 is 0.697 bits per heavy atom. The molecule has 0 radical (unpaired) electrons. The maximum atomic E-state index is 13.9. The number of fused-ring (bicyclic) bond motifs is 2. The molecule has 0 aliphatic heterocycles. The molecular weight excluding hydrogens is 481 g/mol. The minimum atomic E-state index is -5.38. The maximum absolute atomic E-state index is 13.9. The van der Waals surface area contributed by atoms with Crippen molar-refractivity contribution in [2.45, 2.75) is 82.2 Å². The van der Waals surface area contributed by atoms with Gasteiger partial charge in [-0.15, -0.1) is 0 Å². The zero-order chi connectivity index (χ0) is 25.6. The normalized spacial score (nSPS) is 28.9. The largest absolute Gasteiger partial charge is 0.459 e. The molecule has 33 heavy (non-hydrogen) atoms. The zero-order valence-corrected chi connectivity index (χ0v) is 17.8. The number of alkyl halides is 11. The Hall–Kier alpha value is -1.30. The Morgan fingerprint density at radius 2 is 1.15 bits per heavy atom. The van der Waals surface area contributed by atoms with Gasteiger partial charge in [-0.05, 0) is 36.5 Å². The highest BCUT2D eigenvalue weighted by atomic mass is 19.4. The van der Waals surface area contributed by atoms with Gasteiger partial charge in [-0.2, -0.15) is 48.3 Å². The number of rotatable bonds is 10. The van der Waals surface area contributed by atoms with Gasteiger partial charge in [0.15, 0.2) is 6.61 Å². The molecule has 0 amide bonds. The fourth-order valence-corrected chi connectivity index (χ4v) is 4.75. The lowest BCUT2D eigenvalue weighted by Crippen LogP contribution is -2.48. The molecule has 2 fully saturated rings. The fourth-order valence-electron chi connectivity index (χ4n) is 4.75. The van der Waals surface area contributed by atoms with Gasteiger partial charge in [0.05, 0.1) is 5.92 Å². The van der Waals surface area contributed by atoms with Crippen LogP contribution in [0.1, 0.15) is 52.4 Å². The Balaban J connectivity index is 1.93. The van der Waals surface area contributed by atoms with E-state index in [9.17, 15) is 53.1 Å². The minimum Gasteiger partial charge on any atom is -0.459 e. The van der Waals surface area contributed by atoms with Gasteiger partial charge in [0.2, 0.25) is 0 Å². The van der Waals surface area contributed by atoms with Crippen LogP contribution in [0.4, 0.5) is 48.3 Å². The van der Waals surface area contributed by atoms with E-state index in [1.165, 1.54) is 0 Å². The number of carbonyl (C=O) groups excluding carboxylic acids is 1. The third-order valence-corrected chi connectivity index (χ3v) is 7.14. The average Bonchev–Trinajstić information content (AvgIpc) is 3.22.